The second-order valence-electron chi connectivity index (χ2n) is 7.96. The lowest BCUT2D eigenvalue weighted by Gasteiger charge is -2.34. The molecule has 1 aliphatic heterocycles. The van der Waals surface area contributed by atoms with Crippen LogP contribution in [-0.2, 0) is 0 Å². The van der Waals surface area contributed by atoms with Crippen molar-refractivity contribution < 1.29 is 9.13 Å². The topological polar surface area (TPSA) is 82.1 Å². The summed E-state index contributed by atoms with van der Waals surface area (Å²) in [7, 11) is 0. The zero-order valence-corrected chi connectivity index (χ0v) is 17.9. The fourth-order valence-corrected chi connectivity index (χ4v) is 4.25. The standard InChI is InChI=1S/C24H25FN6O/c1-2-30-13-12-20(19(25)14-30)31-24-21(23(26)27-15-28-24)22(29-31)16-8-10-18(11-9-16)32-17-6-4-3-5-7-17/h3-11,15,19-20H,2,12-14H2,1H3,(H2,26,27,28)/t19-,20+/m0/s1. The molecule has 0 saturated carbocycles. The van der Waals surface area contributed by atoms with E-state index >= 15 is 4.39 Å². The van der Waals surface area contributed by atoms with Gasteiger partial charge >= 0.3 is 0 Å². The van der Waals surface area contributed by atoms with E-state index < -0.39 is 6.17 Å². The Morgan fingerprint density at radius 3 is 2.53 bits per heavy atom. The molecule has 0 amide bonds. The molecule has 1 saturated heterocycles. The highest BCUT2D eigenvalue weighted by Gasteiger charge is 2.33. The first-order valence-corrected chi connectivity index (χ1v) is 10.8. The van der Waals surface area contributed by atoms with Crippen molar-refractivity contribution in [1.29, 1.82) is 0 Å². The van der Waals surface area contributed by atoms with Crippen molar-refractivity contribution in [3.05, 3.63) is 60.9 Å². The Kier molecular flexibility index (Phi) is 5.45. The molecule has 4 aromatic rings. The Hall–Kier alpha value is -3.52. The Labute approximate surface area is 185 Å². The van der Waals surface area contributed by atoms with Gasteiger partial charge in [0.1, 0.15) is 35.5 Å². The first-order valence-electron chi connectivity index (χ1n) is 10.8. The van der Waals surface area contributed by atoms with Crippen molar-refractivity contribution in [3.63, 3.8) is 0 Å². The summed E-state index contributed by atoms with van der Waals surface area (Å²) >= 11 is 0. The molecule has 5 rings (SSSR count). The minimum Gasteiger partial charge on any atom is -0.457 e. The van der Waals surface area contributed by atoms with E-state index in [1.807, 2.05) is 61.5 Å². The van der Waals surface area contributed by atoms with Gasteiger partial charge in [0.2, 0.25) is 0 Å². The van der Waals surface area contributed by atoms with Crippen molar-refractivity contribution in [3.8, 4) is 22.8 Å². The summed E-state index contributed by atoms with van der Waals surface area (Å²) in [6.07, 6.45) is 1.04. The van der Waals surface area contributed by atoms with Crippen molar-refractivity contribution in [2.75, 3.05) is 25.4 Å². The number of benzene rings is 2. The third kappa shape index (κ3) is 3.78. The molecule has 0 unspecified atom stereocenters. The molecular weight excluding hydrogens is 407 g/mol. The van der Waals surface area contributed by atoms with Gasteiger partial charge in [-0.15, -0.1) is 0 Å². The quantitative estimate of drug-likeness (QED) is 0.501. The van der Waals surface area contributed by atoms with Crippen LogP contribution in [0.4, 0.5) is 10.2 Å². The van der Waals surface area contributed by atoms with Crippen LogP contribution >= 0.6 is 0 Å². The fraction of sp³-hybridized carbons (Fsp3) is 0.292. The fourth-order valence-electron chi connectivity index (χ4n) is 4.25. The van der Waals surface area contributed by atoms with Crippen molar-refractivity contribution in [2.45, 2.75) is 25.6 Å². The minimum atomic E-state index is -1.03. The van der Waals surface area contributed by atoms with Gasteiger partial charge in [-0.25, -0.2) is 19.0 Å². The van der Waals surface area contributed by atoms with Gasteiger partial charge in [-0.2, -0.15) is 5.10 Å². The predicted octanol–water partition coefficient (Wildman–Crippen LogP) is 4.47. The molecule has 1 fully saturated rings. The number of nitrogens with zero attached hydrogens (tertiary/aromatic N) is 5. The van der Waals surface area contributed by atoms with Crippen LogP contribution in [0, 0.1) is 0 Å². The number of likely N-dealkylation sites (tertiary alicyclic amines) is 1. The maximum atomic E-state index is 15.1. The third-order valence-electron chi connectivity index (χ3n) is 5.98. The number of ether oxygens (including phenoxy) is 1. The number of piperidine rings is 1. The van der Waals surface area contributed by atoms with Gasteiger partial charge in [0.25, 0.3) is 0 Å². The van der Waals surface area contributed by atoms with Crippen LogP contribution in [0.25, 0.3) is 22.3 Å². The van der Waals surface area contributed by atoms with E-state index in [-0.39, 0.29) is 6.04 Å². The number of para-hydroxylation sites is 1. The van der Waals surface area contributed by atoms with E-state index in [1.54, 1.807) is 4.68 Å². The lowest BCUT2D eigenvalue weighted by Crippen LogP contribution is -2.42. The molecule has 8 heteroatoms. The second-order valence-corrected chi connectivity index (χ2v) is 7.96. The SMILES string of the molecule is CCN1CC[C@@H](n2nc(-c3ccc(Oc4ccccc4)cc3)c3c(N)ncnc32)[C@@H](F)C1. The van der Waals surface area contributed by atoms with Crippen molar-refractivity contribution >= 4 is 16.9 Å². The van der Waals surface area contributed by atoms with Gasteiger partial charge < -0.3 is 15.4 Å². The number of hydrogen-bond acceptors (Lipinski definition) is 6. The number of fused-ring (bicyclic) bond motifs is 1. The zero-order valence-electron chi connectivity index (χ0n) is 17.9. The summed E-state index contributed by atoms with van der Waals surface area (Å²) in [5.41, 5.74) is 8.27. The van der Waals surface area contributed by atoms with E-state index in [0.29, 0.717) is 41.3 Å². The minimum absolute atomic E-state index is 0.335. The predicted molar refractivity (Wildman–Crippen MR) is 122 cm³/mol. The van der Waals surface area contributed by atoms with Crippen molar-refractivity contribution in [1.82, 2.24) is 24.6 Å². The maximum absolute atomic E-state index is 15.1. The highest BCUT2D eigenvalue weighted by Crippen LogP contribution is 2.35. The number of alkyl halides is 1. The van der Waals surface area contributed by atoms with Crippen LogP contribution < -0.4 is 10.5 Å². The number of nitrogens with two attached hydrogens (primary N) is 1. The molecular formula is C24H25FN6O. The summed E-state index contributed by atoms with van der Waals surface area (Å²) in [5, 5.41) is 5.44. The van der Waals surface area contributed by atoms with Crippen LogP contribution in [0.2, 0.25) is 0 Å². The summed E-state index contributed by atoms with van der Waals surface area (Å²) < 4.78 is 22.7. The number of aromatic nitrogens is 4. The first kappa shape index (κ1) is 20.4. The highest BCUT2D eigenvalue weighted by atomic mass is 19.1. The van der Waals surface area contributed by atoms with E-state index in [2.05, 4.69) is 14.9 Å². The first-order chi connectivity index (χ1) is 15.6. The van der Waals surface area contributed by atoms with Gasteiger partial charge in [0, 0.05) is 18.7 Å². The molecule has 2 aromatic carbocycles. The Morgan fingerprint density at radius 1 is 1.06 bits per heavy atom. The molecule has 0 radical (unpaired) electrons. The Bertz CT molecular complexity index is 1210. The van der Waals surface area contributed by atoms with Crippen molar-refractivity contribution in [2.24, 2.45) is 0 Å². The van der Waals surface area contributed by atoms with Crippen LogP contribution in [0.15, 0.2) is 60.9 Å². The van der Waals surface area contributed by atoms with Crippen LogP contribution in [0.1, 0.15) is 19.4 Å². The number of halogens is 1. The summed E-state index contributed by atoms with van der Waals surface area (Å²) in [6, 6.07) is 16.8. The van der Waals surface area contributed by atoms with Crippen LogP contribution in [-0.4, -0.2) is 50.5 Å². The summed E-state index contributed by atoms with van der Waals surface area (Å²) in [4.78, 5) is 10.7. The number of rotatable bonds is 5. The van der Waals surface area contributed by atoms with Gasteiger partial charge in [-0.05, 0) is 49.4 Å². The molecule has 1 aliphatic rings. The number of anilines is 1. The van der Waals surface area contributed by atoms with Gasteiger partial charge in [0.05, 0.1) is 11.4 Å². The Balaban J connectivity index is 1.51. The summed E-state index contributed by atoms with van der Waals surface area (Å²) in [5.74, 6) is 1.81. The molecule has 0 bridgehead atoms. The van der Waals surface area contributed by atoms with Gasteiger partial charge in [0.15, 0.2) is 5.65 Å². The molecule has 2 aromatic heterocycles. The van der Waals surface area contributed by atoms with Gasteiger partial charge in [-0.3, -0.25) is 0 Å². The monoisotopic (exact) mass is 432 g/mol. The number of hydrogen-bond donors (Lipinski definition) is 1. The molecule has 0 aliphatic carbocycles. The molecule has 164 valence electrons. The number of nitrogen functional groups attached to an aromatic ring is 1. The largest absolute Gasteiger partial charge is 0.457 e. The molecule has 7 nitrogen and oxygen atoms in total. The third-order valence-corrected chi connectivity index (χ3v) is 5.98. The summed E-state index contributed by atoms with van der Waals surface area (Å²) in [6.45, 7) is 4.10. The van der Waals surface area contributed by atoms with E-state index in [4.69, 9.17) is 15.6 Å². The molecule has 3 heterocycles. The van der Waals surface area contributed by atoms with E-state index in [9.17, 15) is 0 Å². The maximum Gasteiger partial charge on any atom is 0.164 e. The normalized spacial score (nSPS) is 19.3. The smallest absolute Gasteiger partial charge is 0.164 e. The zero-order chi connectivity index (χ0) is 22.1. The highest BCUT2D eigenvalue weighted by molar-refractivity contribution is 5.98. The second kappa shape index (κ2) is 8.55. The average molecular weight is 433 g/mol. The van der Waals surface area contributed by atoms with E-state index in [1.165, 1.54) is 6.33 Å². The van der Waals surface area contributed by atoms with Gasteiger partial charge in [-0.1, -0.05) is 25.1 Å². The van der Waals surface area contributed by atoms with E-state index in [0.717, 1.165) is 24.4 Å². The lowest BCUT2D eigenvalue weighted by atomic mass is 10.0. The molecule has 2 atom stereocenters. The van der Waals surface area contributed by atoms with Crippen LogP contribution in [0.3, 0.4) is 0 Å². The lowest BCUT2D eigenvalue weighted by molar-refractivity contribution is 0.0894. The molecule has 0 spiro atoms. The average Bonchev–Trinajstić information content (AvgIpc) is 3.21. The molecule has 32 heavy (non-hydrogen) atoms. The Morgan fingerprint density at radius 2 is 1.81 bits per heavy atom. The van der Waals surface area contributed by atoms with Crippen LogP contribution in [0.5, 0.6) is 11.5 Å². The molecule has 2 N–H and O–H groups in total.